The molecule has 2 heterocycles. The Labute approximate surface area is 127 Å². The van der Waals surface area contributed by atoms with Gasteiger partial charge in [-0.2, -0.15) is 0 Å². The normalized spacial score (nSPS) is 10.7. The fourth-order valence-corrected chi connectivity index (χ4v) is 2.84. The van der Waals surface area contributed by atoms with E-state index in [9.17, 15) is 9.59 Å². The van der Waals surface area contributed by atoms with Gasteiger partial charge in [-0.05, 0) is 19.8 Å². The molecule has 0 unspecified atom stereocenters. The van der Waals surface area contributed by atoms with Crippen molar-refractivity contribution in [2.24, 2.45) is 0 Å². The molecule has 0 aliphatic carbocycles. The second-order valence-electron chi connectivity index (χ2n) is 4.89. The van der Waals surface area contributed by atoms with E-state index < -0.39 is 0 Å². The van der Waals surface area contributed by atoms with Crippen LogP contribution in [0.4, 0.5) is 0 Å². The molecule has 0 aliphatic heterocycles. The summed E-state index contributed by atoms with van der Waals surface area (Å²) in [6, 6.07) is 0. The van der Waals surface area contributed by atoms with Gasteiger partial charge in [-0.25, -0.2) is 4.98 Å². The lowest BCUT2D eigenvalue weighted by Crippen LogP contribution is -2.25. The molecule has 0 atom stereocenters. The summed E-state index contributed by atoms with van der Waals surface area (Å²) >= 11 is 1.20. The number of hydrogen-bond acceptors (Lipinski definition) is 4. The summed E-state index contributed by atoms with van der Waals surface area (Å²) in [5.74, 6) is 0.979. The predicted octanol–water partition coefficient (Wildman–Crippen LogP) is 1.47. The molecule has 2 aromatic heterocycles. The number of aromatic nitrogens is 3. The van der Waals surface area contributed by atoms with Crippen LogP contribution in [0.2, 0.25) is 0 Å². The standard InChI is InChI=1S/C14H20N4O2S/c1-11-10-21-14(20)18(11)9-3-5-13(19)17-6-2-4-12-15-7-8-16-12/h7-8,10H,2-6,9H2,1H3,(H,15,16)(H,17,19). The van der Waals surface area contributed by atoms with Crippen molar-refractivity contribution in [1.82, 2.24) is 19.9 Å². The first-order chi connectivity index (χ1) is 10.2. The van der Waals surface area contributed by atoms with Gasteiger partial charge in [0.1, 0.15) is 5.82 Å². The molecule has 0 radical (unpaired) electrons. The summed E-state index contributed by atoms with van der Waals surface area (Å²) < 4.78 is 1.72. The molecule has 2 aromatic rings. The van der Waals surface area contributed by atoms with Gasteiger partial charge in [0.05, 0.1) is 0 Å². The largest absolute Gasteiger partial charge is 0.356 e. The van der Waals surface area contributed by atoms with E-state index >= 15 is 0 Å². The van der Waals surface area contributed by atoms with Gasteiger partial charge in [0.2, 0.25) is 5.91 Å². The molecule has 2 N–H and O–H groups in total. The lowest BCUT2D eigenvalue weighted by molar-refractivity contribution is -0.121. The van der Waals surface area contributed by atoms with E-state index in [4.69, 9.17) is 0 Å². The Kier molecular flexibility index (Phi) is 5.74. The second kappa shape index (κ2) is 7.78. The minimum absolute atomic E-state index is 0.0374. The molecule has 0 aromatic carbocycles. The van der Waals surface area contributed by atoms with Crippen LogP contribution in [-0.4, -0.2) is 27.0 Å². The van der Waals surface area contributed by atoms with Crippen molar-refractivity contribution < 1.29 is 4.79 Å². The predicted molar refractivity (Wildman–Crippen MR) is 82.5 cm³/mol. The zero-order chi connectivity index (χ0) is 15.1. The molecule has 114 valence electrons. The van der Waals surface area contributed by atoms with E-state index in [0.29, 0.717) is 25.9 Å². The number of thiazole rings is 1. The highest BCUT2D eigenvalue weighted by atomic mass is 32.1. The number of imidazole rings is 1. The van der Waals surface area contributed by atoms with Crippen molar-refractivity contribution in [3.8, 4) is 0 Å². The highest BCUT2D eigenvalue weighted by molar-refractivity contribution is 7.07. The first-order valence-electron chi connectivity index (χ1n) is 7.06. The van der Waals surface area contributed by atoms with Crippen LogP contribution in [0, 0.1) is 6.92 Å². The topological polar surface area (TPSA) is 79.8 Å². The SMILES string of the molecule is Cc1csc(=O)n1CCCC(=O)NCCCc1ncc[nH]1. The first-order valence-corrected chi connectivity index (χ1v) is 7.94. The maximum absolute atomic E-state index is 11.7. The molecular formula is C14H20N4O2S. The number of aryl methyl sites for hydroxylation is 2. The van der Waals surface area contributed by atoms with Gasteiger partial charge in [-0.15, -0.1) is 0 Å². The Hall–Kier alpha value is -1.89. The van der Waals surface area contributed by atoms with Crippen molar-refractivity contribution in [2.45, 2.75) is 39.2 Å². The number of nitrogens with zero attached hydrogens (tertiary/aromatic N) is 2. The average Bonchev–Trinajstić information content (AvgIpc) is 3.08. The quantitative estimate of drug-likeness (QED) is 0.725. The van der Waals surface area contributed by atoms with Crippen LogP contribution in [-0.2, 0) is 17.8 Å². The van der Waals surface area contributed by atoms with E-state index in [-0.39, 0.29) is 10.8 Å². The molecule has 0 bridgehead atoms. The first kappa shape index (κ1) is 15.5. The second-order valence-corrected chi connectivity index (χ2v) is 5.71. The van der Waals surface area contributed by atoms with Crippen molar-refractivity contribution >= 4 is 17.2 Å². The Bertz CT molecular complexity index is 615. The smallest absolute Gasteiger partial charge is 0.307 e. The van der Waals surface area contributed by atoms with Gasteiger partial charge in [0.15, 0.2) is 0 Å². The molecule has 1 amide bonds. The Morgan fingerprint density at radius 3 is 3.00 bits per heavy atom. The third kappa shape index (κ3) is 4.86. The molecule has 2 rings (SSSR count). The number of amides is 1. The zero-order valence-electron chi connectivity index (χ0n) is 12.1. The zero-order valence-corrected chi connectivity index (χ0v) is 12.9. The number of carbonyl (C=O) groups excluding carboxylic acids is 1. The summed E-state index contributed by atoms with van der Waals surface area (Å²) in [5.41, 5.74) is 0.962. The van der Waals surface area contributed by atoms with E-state index in [1.807, 2.05) is 12.3 Å². The van der Waals surface area contributed by atoms with Crippen LogP contribution in [0.25, 0.3) is 0 Å². The summed E-state index contributed by atoms with van der Waals surface area (Å²) in [7, 11) is 0. The number of rotatable bonds is 8. The summed E-state index contributed by atoms with van der Waals surface area (Å²) in [5, 5.41) is 4.73. The third-order valence-corrected chi connectivity index (χ3v) is 4.11. The number of hydrogen-bond donors (Lipinski definition) is 2. The van der Waals surface area contributed by atoms with Gasteiger partial charge in [-0.3, -0.25) is 9.59 Å². The number of carbonyl (C=O) groups is 1. The number of nitrogens with one attached hydrogen (secondary N) is 2. The lowest BCUT2D eigenvalue weighted by atomic mass is 10.2. The Morgan fingerprint density at radius 1 is 1.48 bits per heavy atom. The molecular weight excluding hydrogens is 288 g/mol. The van der Waals surface area contributed by atoms with Gasteiger partial charge in [0.25, 0.3) is 0 Å². The van der Waals surface area contributed by atoms with E-state index in [1.165, 1.54) is 11.3 Å². The van der Waals surface area contributed by atoms with Gasteiger partial charge >= 0.3 is 4.87 Å². The molecule has 0 spiro atoms. The summed E-state index contributed by atoms with van der Waals surface area (Å²) in [4.78, 5) is 30.4. The van der Waals surface area contributed by atoms with Crippen molar-refractivity contribution in [3.63, 3.8) is 0 Å². The van der Waals surface area contributed by atoms with Gasteiger partial charge in [0, 0.05) is 49.4 Å². The maximum Gasteiger partial charge on any atom is 0.307 e. The highest BCUT2D eigenvalue weighted by Gasteiger charge is 2.05. The minimum atomic E-state index is 0.0374. The molecule has 7 heteroatoms. The molecule has 0 saturated carbocycles. The van der Waals surface area contributed by atoms with Crippen LogP contribution in [0.1, 0.15) is 30.8 Å². The monoisotopic (exact) mass is 308 g/mol. The van der Waals surface area contributed by atoms with Crippen LogP contribution in [0.5, 0.6) is 0 Å². The summed E-state index contributed by atoms with van der Waals surface area (Å²) in [6.45, 7) is 3.16. The molecule has 6 nitrogen and oxygen atoms in total. The Balaban J connectivity index is 1.58. The average molecular weight is 308 g/mol. The van der Waals surface area contributed by atoms with E-state index in [2.05, 4.69) is 15.3 Å². The van der Waals surface area contributed by atoms with E-state index in [1.54, 1.807) is 17.0 Å². The fraction of sp³-hybridized carbons (Fsp3) is 0.500. The van der Waals surface area contributed by atoms with Crippen LogP contribution < -0.4 is 10.2 Å². The van der Waals surface area contributed by atoms with Crippen molar-refractivity contribution in [2.75, 3.05) is 6.54 Å². The number of aromatic amines is 1. The minimum Gasteiger partial charge on any atom is -0.356 e. The van der Waals surface area contributed by atoms with Crippen molar-refractivity contribution in [3.05, 3.63) is 39.0 Å². The van der Waals surface area contributed by atoms with Gasteiger partial charge < -0.3 is 14.9 Å². The third-order valence-electron chi connectivity index (χ3n) is 3.23. The number of H-pyrrole nitrogens is 1. The fourth-order valence-electron chi connectivity index (χ4n) is 2.08. The van der Waals surface area contributed by atoms with Crippen LogP contribution >= 0.6 is 11.3 Å². The van der Waals surface area contributed by atoms with Crippen molar-refractivity contribution in [1.29, 1.82) is 0 Å². The summed E-state index contributed by atoms with van der Waals surface area (Å²) in [6.07, 6.45) is 6.34. The van der Waals surface area contributed by atoms with Crippen LogP contribution in [0.15, 0.2) is 22.6 Å². The molecule has 0 aliphatic rings. The molecule has 0 saturated heterocycles. The molecule has 21 heavy (non-hydrogen) atoms. The Morgan fingerprint density at radius 2 is 2.33 bits per heavy atom. The lowest BCUT2D eigenvalue weighted by Gasteiger charge is -2.06. The van der Waals surface area contributed by atoms with Gasteiger partial charge in [-0.1, -0.05) is 11.3 Å². The highest BCUT2D eigenvalue weighted by Crippen LogP contribution is 2.02. The van der Waals surface area contributed by atoms with E-state index in [0.717, 1.165) is 24.4 Å². The maximum atomic E-state index is 11.7. The van der Waals surface area contributed by atoms with Crippen LogP contribution in [0.3, 0.4) is 0 Å². The molecule has 0 fully saturated rings.